The lowest BCUT2D eigenvalue weighted by molar-refractivity contribution is -0.140. The van der Waals surface area contributed by atoms with E-state index in [4.69, 9.17) is 34.8 Å². The van der Waals surface area contributed by atoms with E-state index in [1.165, 1.54) is 17.0 Å². The lowest BCUT2D eigenvalue weighted by atomic mass is 10.1. The van der Waals surface area contributed by atoms with Crippen molar-refractivity contribution in [2.75, 3.05) is 10.8 Å². The fraction of sp³-hybridized carbons (Fsp3) is 0.355. The molecule has 1 fully saturated rings. The van der Waals surface area contributed by atoms with Gasteiger partial charge in [-0.25, -0.2) is 8.42 Å². The molecule has 224 valence electrons. The lowest BCUT2D eigenvalue weighted by Crippen LogP contribution is -2.53. The third kappa shape index (κ3) is 7.59. The summed E-state index contributed by atoms with van der Waals surface area (Å²) < 4.78 is 29.0. The summed E-state index contributed by atoms with van der Waals surface area (Å²) in [5.74, 6) is -0.804. The zero-order valence-corrected chi connectivity index (χ0v) is 26.6. The second-order valence-corrected chi connectivity index (χ2v) is 13.6. The van der Waals surface area contributed by atoms with Gasteiger partial charge in [0, 0.05) is 17.6 Å². The number of hydrogen-bond acceptors (Lipinski definition) is 4. The Kier molecular flexibility index (Phi) is 10.8. The second-order valence-electron chi connectivity index (χ2n) is 10.4. The van der Waals surface area contributed by atoms with Crippen LogP contribution in [0.5, 0.6) is 0 Å². The maximum absolute atomic E-state index is 14.2. The highest BCUT2D eigenvalue weighted by Gasteiger charge is 2.35. The van der Waals surface area contributed by atoms with E-state index < -0.39 is 28.5 Å². The van der Waals surface area contributed by atoms with Crippen molar-refractivity contribution < 1.29 is 18.0 Å². The number of nitrogens with one attached hydrogen (secondary N) is 1. The minimum absolute atomic E-state index is 0.0329. The maximum atomic E-state index is 14.2. The number of carbonyl (C=O) groups excluding carboxylic acids is 2. The highest BCUT2D eigenvalue weighted by molar-refractivity contribution is 7.92. The molecule has 7 nitrogen and oxygen atoms in total. The van der Waals surface area contributed by atoms with E-state index in [1.54, 1.807) is 61.5 Å². The van der Waals surface area contributed by atoms with E-state index in [9.17, 15) is 18.0 Å². The van der Waals surface area contributed by atoms with E-state index in [2.05, 4.69) is 5.32 Å². The second kappa shape index (κ2) is 14.1. The molecule has 3 aromatic carbocycles. The number of sulfonamides is 1. The standard InChI is InChI=1S/C31H34Cl3N3O4S/c1-3-28(31(39)35-24-9-7-8-10-24)36(19-22-13-15-26(33)27(34)18-22)30(38)20-37(29-16-14-23(32)17-21(29)2)42(40,41)25-11-5-4-6-12-25/h4-6,11-18,24,28H,3,7-10,19-20H2,1-2H3,(H,35,39)/t28-/m0/s1. The summed E-state index contributed by atoms with van der Waals surface area (Å²) in [6, 6.07) is 17.0. The van der Waals surface area contributed by atoms with Crippen molar-refractivity contribution in [3.8, 4) is 0 Å². The minimum atomic E-state index is -4.17. The lowest BCUT2D eigenvalue weighted by Gasteiger charge is -2.34. The molecule has 0 heterocycles. The highest BCUT2D eigenvalue weighted by Crippen LogP contribution is 2.30. The molecule has 4 rings (SSSR count). The summed E-state index contributed by atoms with van der Waals surface area (Å²) in [6.45, 7) is 3.06. The molecule has 0 radical (unpaired) electrons. The molecular weight excluding hydrogens is 617 g/mol. The molecule has 1 aliphatic rings. The Morgan fingerprint density at radius 1 is 0.952 bits per heavy atom. The molecule has 3 aromatic rings. The molecule has 1 saturated carbocycles. The molecule has 2 amide bonds. The average Bonchev–Trinajstić information content (AvgIpc) is 3.47. The van der Waals surface area contributed by atoms with Gasteiger partial charge in [0.15, 0.2) is 0 Å². The number of anilines is 1. The van der Waals surface area contributed by atoms with Gasteiger partial charge >= 0.3 is 0 Å². The van der Waals surface area contributed by atoms with Gasteiger partial charge in [-0.1, -0.05) is 78.8 Å². The molecule has 1 atom stereocenters. The molecule has 0 aromatic heterocycles. The van der Waals surface area contributed by atoms with Gasteiger partial charge in [-0.05, 0) is 79.8 Å². The van der Waals surface area contributed by atoms with Gasteiger partial charge in [0.25, 0.3) is 10.0 Å². The van der Waals surface area contributed by atoms with Gasteiger partial charge in [-0.15, -0.1) is 0 Å². The van der Waals surface area contributed by atoms with Gasteiger partial charge in [0.05, 0.1) is 20.6 Å². The number of aryl methyl sites for hydroxylation is 1. The Labute approximate surface area is 262 Å². The molecule has 1 aliphatic carbocycles. The van der Waals surface area contributed by atoms with Crippen LogP contribution in [0.4, 0.5) is 5.69 Å². The van der Waals surface area contributed by atoms with Crippen LogP contribution in [0.3, 0.4) is 0 Å². The predicted molar refractivity (Wildman–Crippen MR) is 169 cm³/mol. The van der Waals surface area contributed by atoms with E-state index in [0.29, 0.717) is 38.3 Å². The van der Waals surface area contributed by atoms with Crippen LogP contribution in [0.15, 0.2) is 71.6 Å². The number of amides is 2. The Morgan fingerprint density at radius 3 is 2.26 bits per heavy atom. The molecule has 0 unspecified atom stereocenters. The molecule has 11 heteroatoms. The van der Waals surface area contributed by atoms with Crippen molar-refractivity contribution in [2.24, 2.45) is 0 Å². The Hall–Kier alpha value is -2.78. The number of nitrogens with zero attached hydrogens (tertiary/aromatic N) is 2. The summed E-state index contributed by atoms with van der Waals surface area (Å²) in [6.07, 6.45) is 4.20. The van der Waals surface area contributed by atoms with Crippen LogP contribution in [0.25, 0.3) is 0 Å². The first-order valence-corrected chi connectivity index (χ1v) is 16.5. The maximum Gasteiger partial charge on any atom is 0.264 e. The Bertz CT molecular complexity index is 1530. The highest BCUT2D eigenvalue weighted by atomic mass is 35.5. The summed E-state index contributed by atoms with van der Waals surface area (Å²) >= 11 is 18.6. The quantitative estimate of drug-likeness (QED) is 0.242. The SMILES string of the molecule is CC[C@@H](C(=O)NC1CCCC1)N(Cc1ccc(Cl)c(Cl)c1)C(=O)CN(c1ccc(Cl)cc1C)S(=O)(=O)c1ccccc1. The van der Waals surface area contributed by atoms with Gasteiger partial charge in [-0.2, -0.15) is 0 Å². The van der Waals surface area contributed by atoms with Crippen molar-refractivity contribution in [2.45, 2.75) is 69.5 Å². The van der Waals surface area contributed by atoms with Gasteiger partial charge in [-0.3, -0.25) is 13.9 Å². The third-order valence-corrected chi connectivity index (χ3v) is 10.2. The monoisotopic (exact) mass is 649 g/mol. The van der Waals surface area contributed by atoms with Gasteiger partial charge in [0.1, 0.15) is 12.6 Å². The van der Waals surface area contributed by atoms with Crippen LogP contribution in [0, 0.1) is 6.92 Å². The smallest absolute Gasteiger partial charge is 0.264 e. The number of halogens is 3. The van der Waals surface area contributed by atoms with Crippen LogP contribution >= 0.6 is 34.8 Å². The van der Waals surface area contributed by atoms with Crippen molar-refractivity contribution in [1.29, 1.82) is 0 Å². The zero-order chi connectivity index (χ0) is 30.4. The van der Waals surface area contributed by atoms with Crippen LogP contribution in [-0.4, -0.2) is 43.8 Å². The molecule has 0 spiro atoms. The van der Waals surface area contributed by atoms with E-state index in [-0.39, 0.29) is 23.4 Å². The van der Waals surface area contributed by atoms with Gasteiger partial charge < -0.3 is 10.2 Å². The van der Waals surface area contributed by atoms with Crippen molar-refractivity contribution in [1.82, 2.24) is 10.2 Å². The van der Waals surface area contributed by atoms with E-state index in [0.717, 1.165) is 30.0 Å². The average molecular weight is 651 g/mol. The van der Waals surface area contributed by atoms with Crippen LogP contribution in [0.2, 0.25) is 15.1 Å². The van der Waals surface area contributed by atoms with Crippen LogP contribution in [0.1, 0.15) is 50.2 Å². The summed E-state index contributed by atoms with van der Waals surface area (Å²) in [5.41, 5.74) is 1.55. The fourth-order valence-corrected chi connectivity index (χ4v) is 7.30. The first-order chi connectivity index (χ1) is 20.0. The predicted octanol–water partition coefficient (Wildman–Crippen LogP) is 7.02. The van der Waals surface area contributed by atoms with Crippen LogP contribution < -0.4 is 9.62 Å². The van der Waals surface area contributed by atoms with Crippen LogP contribution in [-0.2, 0) is 26.2 Å². The first-order valence-electron chi connectivity index (χ1n) is 13.9. The molecular formula is C31H34Cl3N3O4S. The van der Waals surface area contributed by atoms with Crippen molar-refractivity contribution in [3.63, 3.8) is 0 Å². The number of rotatable bonds is 11. The normalized spacial score (nSPS) is 14.4. The molecule has 0 saturated heterocycles. The number of hydrogen-bond donors (Lipinski definition) is 1. The van der Waals surface area contributed by atoms with Crippen molar-refractivity contribution >= 4 is 62.3 Å². The first kappa shape index (κ1) is 32.1. The third-order valence-electron chi connectivity index (χ3n) is 7.46. The molecule has 0 bridgehead atoms. The molecule has 1 N–H and O–H groups in total. The van der Waals surface area contributed by atoms with Crippen molar-refractivity contribution in [3.05, 3.63) is 92.9 Å². The van der Waals surface area contributed by atoms with E-state index in [1.807, 2.05) is 6.92 Å². The van der Waals surface area contributed by atoms with E-state index >= 15 is 0 Å². The molecule has 42 heavy (non-hydrogen) atoms. The summed E-state index contributed by atoms with van der Waals surface area (Å²) in [7, 11) is -4.17. The zero-order valence-electron chi connectivity index (χ0n) is 23.5. The Morgan fingerprint density at radius 2 is 1.64 bits per heavy atom. The largest absolute Gasteiger partial charge is 0.352 e. The topological polar surface area (TPSA) is 86.8 Å². The summed E-state index contributed by atoms with van der Waals surface area (Å²) in [5, 5.41) is 4.22. The number of carbonyl (C=O) groups is 2. The summed E-state index contributed by atoms with van der Waals surface area (Å²) in [4.78, 5) is 29.3. The fourth-order valence-electron chi connectivity index (χ4n) is 5.25. The van der Waals surface area contributed by atoms with Gasteiger partial charge in [0.2, 0.25) is 11.8 Å². The number of benzene rings is 3. The molecule has 0 aliphatic heterocycles. The minimum Gasteiger partial charge on any atom is -0.352 e. The Balaban J connectivity index is 1.74.